The van der Waals surface area contributed by atoms with Crippen molar-refractivity contribution in [1.82, 2.24) is 0 Å². The molecule has 1 aliphatic carbocycles. The van der Waals surface area contributed by atoms with Gasteiger partial charge >= 0.3 is 0 Å². The number of rotatable bonds is 3. The second-order valence-electron chi connectivity index (χ2n) is 3.86. The zero-order valence-corrected chi connectivity index (χ0v) is 7.69. The van der Waals surface area contributed by atoms with Crippen LogP contribution in [0.3, 0.4) is 0 Å². The van der Waals surface area contributed by atoms with Crippen LogP contribution >= 0.6 is 0 Å². The molecule has 0 radical (unpaired) electrons. The highest BCUT2D eigenvalue weighted by atomic mass is 16.3. The molecule has 4 N–H and O–H groups in total. The van der Waals surface area contributed by atoms with Crippen LogP contribution in [0.5, 0.6) is 0 Å². The molecule has 0 aromatic carbocycles. The van der Waals surface area contributed by atoms with E-state index in [0.717, 1.165) is 0 Å². The van der Waals surface area contributed by atoms with Gasteiger partial charge in [-0.1, -0.05) is 0 Å². The molecule has 0 bridgehead atoms. The lowest BCUT2D eigenvalue weighted by atomic mass is 9.79. The minimum absolute atomic E-state index is 0.119. The van der Waals surface area contributed by atoms with Gasteiger partial charge in [0.15, 0.2) is 0 Å². The molecule has 13 heavy (non-hydrogen) atoms. The largest absolute Gasteiger partial charge is 0.396 e. The molecule has 0 heterocycles. The first kappa shape index (κ1) is 10.9. The second kappa shape index (κ2) is 4.37. The zero-order valence-electron chi connectivity index (χ0n) is 7.69. The van der Waals surface area contributed by atoms with Crippen molar-refractivity contribution in [3.63, 3.8) is 0 Å². The van der Waals surface area contributed by atoms with Gasteiger partial charge in [-0.2, -0.15) is 0 Å². The SMILES string of the molecule is OCCC(O)C1(O)CCC(O)CC1. The van der Waals surface area contributed by atoms with Gasteiger partial charge in [0.05, 0.1) is 17.8 Å². The van der Waals surface area contributed by atoms with Crippen LogP contribution in [0, 0.1) is 0 Å². The molecule has 1 unspecified atom stereocenters. The summed E-state index contributed by atoms with van der Waals surface area (Å²) in [7, 11) is 0. The maximum atomic E-state index is 9.92. The van der Waals surface area contributed by atoms with Crippen LogP contribution < -0.4 is 0 Å². The predicted octanol–water partition coefficient (Wildman–Crippen LogP) is -0.604. The molecular weight excluding hydrogens is 172 g/mol. The molecule has 1 rings (SSSR count). The molecule has 0 amide bonds. The van der Waals surface area contributed by atoms with Gasteiger partial charge in [0.25, 0.3) is 0 Å². The van der Waals surface area contributed by atoms with Crippen LogP contribution in [-0.2, 0) is 0 Å². The van der Waals surface area contributed by atoms with Crippen LogP contribution in [0.15, 0.2) is 0 Å². The molecule has 4 nitrogen and oxygen atoms in total. The third kappa shape index (κ3) is 2.64. The van der Waals surface area contributed by atoms with Crippen molar-refractivity contribution in [2.24, 2.45) is 0 Å². The molecule has 0 aliphatic heterocycles. The maximum absolute atomic E-state index is 9.92. The van der Waals surface area contributed by atoms with E-state index < -0.39 is 11.7 Å². The Bertz CT molecular complexity index is 152. The Kier molecular flexibility index (Phi) is 3.67. The fourth-order valence-electron chi connectivity index (χ4n) is 1.83. The van der Waals surface area contributed by atoms with Crippen molar-refractivity contribution in [1.29, 1.82) is 0 Å². The summed E-state index contributed by atoms with van der Waals surface area (Å²) in [6, 6.07) is 0. The molecule has 0 saturated heterocycles. The lowest BCUT2D eigenvalue weighted by molar-refractivity contribution is -0.118. The molecule has 0 aromatic heterocycles. The van der Waals surface area contributed by atoms with Crippen molar-refractivity contribution in [3.05, 3.63) is 0 Å². The minimum Gasteiger partial charge on any atom is -0.396 e. The average molecular weight is 190 g/mol. The predicted molar refractivity (Wildman–Crippen MR) is 47.1 cm³/mol. The summed E-state index contributed by atoms with van der Waals surface area (Å²) in [5, 5.41) is 37.3. The van der Waals surface area contributed by atoms with Crippen LogP contribution in [0.1, 0.15) is 32.1 Å². The Morgan fingerprint density at radius 2 is 1.85 bits per heavy atom. The van der Waals surface area contributed by atoms with E-state index in [0.29, 0.717) is 25.7 Å². The van der Waals surface area contributed by atoms with E-state index in [2.05, 4.69) is 0 Å². The van der Waals surface area contributed by atoms with Crippen LogP contribution in [0.4, 0.5) is 0 Å². The summed E-state index contributed by atoms with van der Waals surface area (Å²) in [6.07, 6.45) is 0.863. The molecule has 0 aromatic rings. The van der Waals surface area contributed by atoms with E-state index in [-0.39, 0.29) is 19.1 Å². The maximum Gasteiger partial charge on any atom is 0.0908 e. The van der Waals surface area contributed by atoms with Gasteiger partial charge in [-0.15, -0.1) is 0 Å². The molecule has 4 heteroatoms. The van der Waals surface area contributed by atoms with Crippen molar-refractivity contribution in [2.45, 2.75) is 49.9 Å². The number of hydrogen-bond acceptors (Lipinski definition) is 4. The van der Waals surface area contributed by atoms with Gasteiger partial charge in [0.1, 0.15) is 0 Å². The Hall–Kier alpha value is -0.160. The summed E-state index contributed by atoms with van der Waals surface area (Å²) in [6.45, 7) is -0.119. The molecule has 1 aliphatic rings. The number of aliphatic hydroxyl groups excluding tert-OH is 3. The standard InChI is InChI=1S/C9H18O4/c10-6-3-8(12)9(13)4-1-7(11)2-5-9/h7-8,10-13H,1-6H2. The van der Waals surface area contributed by atoms with Crippen molar-refractivity contribution < 1.29 is 20.4 Å². The summed E-state index contributed by atoms with van der Waals surface area (Å²) >= 11 is 0. The van der Waals surface area contributed by atoms with Crippen molar-refractivity contribution in [3.8, 4) is 0 Å². The molecular formula is C9H18O4. The zero-order chi connectivity index (χ0) is 9.90. The van der Waals surface area contributed by atoms with Crippen molar-refractivity contribution >= 4 is 0 Å². The van der Waals surface area contributed by atoms with Gasteiger partial charge in [0.2, 0.25) is 0 Å². The lowest BCUT2D eigenvalue weighted by Gasteiger charge is -2.37. The average Bonchev–Trinajstić information content (AvgIpc) is 2.11. The van der Waals surface area contributed by atoms with Crippen molar-refractivity contribution in [2.75, 3.05) is 6.61 Å². The quantitative estimate of drug-likeness (QED) is 0.479. The highest BCUT2D eigenvalue weighted by Gasteiger charge is 2.38. The van der Waals surface area contributed by atoms with E-state index >= 15 is 0 Å². The van der Waals surface area contributed by atoms with E-state index in [9.17, 15) is 15.3 Å². The van der Waals surface area contributed by atoms with E-state index in [1.54, 1.807) is 0 Å². The minimum atomic E-state index is -1.10. The van der Waals surface area contributed by atoms with Gasteiger partial charge < -0.3 is 20.4 Å². The third-order valence-corrected chi connectivity index (χ3v) is 2.84. The van der Waals surface area contributed by atoms with Crippen LogP contribution in [0.2, 0.25) is 0 Å². The first-order valence-corrected chi connectivity index (χ1v) is 4.78. The number of aliphatic hydroxyl groups is 4. The normalized spacial score (nSPS) is 37.4. The first-order chi connectivity index (χ1) is 6.08. The summed E-state index contributed by atoms with van der Waals surface area (Å²) < 4.78 is 0. The van der Waals surface area contributed by atoms with Gasteiger partial charge in [0, 0.05) is 6.61 Å². The molecule has 1 fully saturated rings. The fraction of sp³-hybridized carbons (Fsp3) is 1.00. The molecule has 1 saturated carbocycles. The van der Waals surface area contributed by atoms with Gasteiger partial charge in [-0.3, -0.25) is 0 Å². The van der Waals surface area contributed by atoms with Crippen LogP contribution in [0.25, 0.3) is 0 Å². The third-order valence-electron chi connectivity index (χ3n) is 2.84. The Morgan fingerprint density at radius 3 is 2.31 bits per heavy atom. The Balaban J connectivity index is 2.46. The molecule has 1 atom stereocenters. The highest BCUT2D eigenvalue weighted by molar-refractivity contribution is 4.91. The smallest absolute Gasteiger partial charge is 0.0908 e. The van der Waals surface area contributed by atoms with E-state index in [1.807, 2.05) is 0 Å². The number of hydrogen-bond donors (Lipinski definition) is 4. The Labute approximate surface area is 77.8 Å². The second-order valence-corrected chi connectivity index (χ2v) is 3.86. The highest BCUT2D eigenvalue weighted by Crippen LogP contribution is 2.32. The van der Waals surface area contributed by atoms with Crippen LogP contribution in [-0.4, -0.2) is 44.8 Å². The fourth-order valence-corrected chi connectivity index (χ4v) is 1.83. The first-order valence-electron chi connectivity index (χ1n) is 4.78. The van der Waals surface area contributed by atoms with Gasteiger partial charge in [-0.05, 0) is 32.1 Å². The van der Waals surface area contributed by atoms with E-state index in [4.69, 9.17) is 5.11 Å². The topological polar surface area (TPSA) is 80.9 Å². The molecule has 78 valence electrons. The summed E-state index contributed by atoms with van der Waals surface area (Å²) in [4.78, 5) is 0. The monoisotopic (exact) mass is 190 g/mol. The summed E-state index contributed by atoms with van der Waals surface area (Å²) in [5.74, 6) is 0. The molecule has 0 spiro atoms. The Morgan fingerprint density at radius 1 is 1.31 bits per heavy atom. The van der Waals surface area contributed by atoms with E-state index in [1.165, 1.54) is 0 Å². The lowest BCUT2D eigenvalue weighted by Crippen LogP contribution is -2.46. The van der Waals surface area contributed by atoms with Gasteiger partial charge in [-0.25, -0.2) is 0 Å². The summed E-state index contributed by atoms with van der Waals surface area (Å²) in [5.41, 5.74) is -1.10.